The van der Waals surface area contributed by atoms with E-state index in [-0.39, 0.29) is 22.1 Å². The minimum absolute atomic E-state index is 0.0219. The van der Waals surface area contributed by atoms with Crippen LogP contribution in [0.1, 0.15) is 11.7 Å². The first-order chi connectivity index (χ1) is 8.42. The Kier molecular flexibility index (Phi) is 4.77. The molecule has 0 radical (unpaired) electrons. The van der Waals surface area contributed by atoms with Crippen molar-refractivity contribution in [2.45, 2.75) is 12.2 Å². The van der Waals surface area contributed by atoms with Crippen LogP contribution in [0.15, 0.2) is 12.1 Å². The monoisotopic (exact) mass is 276 g/mol. The maximum Gasteiger partial charge on any atom is 0.337 e. The second-order valence-corrected chi connectivity index (χ2v) is 3.87. The number of hydrogen-bond donors (Lipinski definition) is 3. The molecule has 0 saturated heterocycles. The van der Waals surface area contributed by atoms with Crippen LogP contribution in [-0.4, -0.2) is 41.6 Å². The Morgan fingerprint density at radius 1 is 1.33 bits per heavy atom. The molecule has 0 bridgehead atoms. The summed E-state index contributed by atoms with van der Waals surface area (Å²) in [6.45, 7) is 0. The molecule has 0 amide bonds. The Morgan fingerprint density at radius 3 is 2.44 bits per heavy atom. The Morgan fingerprint density at radius 2 is 1.94 bits per heavy atom. The van der Waals surface area contributed by atoms with E-state index in [1.165, 1.54) is 19.2 Å². The molecule has 2 unspecified atom stereocenters. The summed E-state index contributed by atoms with van der Waals surface area (Å²) in [6, 6.07) is 2.48. The SMILES string of the molecule is COC(=O)C(O)C(O)c1cc(Cl)c(O)c(OC)c1. The van der Waals surface area contributed by atoms with Gasteiger partial charge in [0, 0.05) is 0 Å². The summed E-state index contributed by atoms with van der Waals surface area (Å²) in [4.78, 5) is 11.1. The number of aliphatic hydroxyl groups is 2. The molecule has 1 rings (SSSR count). The van der Waals surface area contributed by atoms with Crippen LogP contribution < -0.4 is 4.74 Å². The van der Waals surface area contributed by atoms with Gasteiger partial charge in [0.05, 0.1) is 19.2 Å². The van der Waals surface area contributed by atoms with Crippen molar-refractivity contribution >= 4 is 17.6 Å². The lowest BCUT2D eigenvalue weighted by atomic mass is 10.0. The molecule has 3 N–H and O–H groups in total. The highest BCUT2D eigenvalue weighted by Crippen LogP contribution is 2.37. The maximum atomic E-state index is 11.1. The van der Waals surface area contributed by atoms with E-state index in [0.29, 0.717) is 0 Å². The zero-order valence-corrected chi connectivity index (χ0v) is 10.5. The van der Waals surface area contributed by atoms with Crippen molar-refractivity contribution < 1.29 is 29.6 Å². The average molecular weight is 277 g/mol. The quantitative estimate of drug-likeness (QED) is 0.698. The third-order valence-corrected chi connectivity index (χ3v) is 2.64. The van der Waals surface area contributed by atoms with Gasteiger partial charge in [0.15, 0.2) is 17.6 Å². The minimum atomic E-state index is -1.75. The lowest BCUT2D eigenvalue weighted by Crippen LogP contribution is -2.29. The lowest BCUT2D eigenvalue weighted by Gasteiger charge is -2.17. The van der Waals surface area contributed by atoms with E-state index < -0.39 is 18.2 Å². The summed E-state index contributed by atoms with van der Waals surface area (Å²) in [6.07, 6.45) is -3.29. The molecule has 1 aromatic rings. The number of hydrogen-bond acceptors (Lipinski definition) is 6. The molecule has 0 heterocycles. The van der Waals surface area contributed by atoms with Crippen molar-refractivity contribution in [2.24, 2.45) is 0 Å². The van der Waals surface area contributed by atoms with Crippen LogP contribution in [-0.2, 0) is 9.53 Å². The molecule has 1 aromatic carbocycles. The molecule has 0 spiro atoms. The first-order valence-corrected chi connectivity index (χ1v) is 5.30. The van der Waals surface area contributed by atoms with E-state index >= 15 is 0 Å². The molecule has 0 saturated carbocycles. The van der Waals surface area contributed by atoms with Crippen LogP contribution in [0.2, 0.25) is 5.02 Å². The molecule has 0 aliphatic carbocycles. The van der Waals surface area contributed by atoms with Gasteiger partial charge >= 0.3 is 5.97 Å². The first-order valence-electron chi connectivity index (χ1n) is 4.92. The molecule has 0 aliphatic rings. The van der Waals surface area contributed by atoms with Crippen molar-refractivity contribution in [3.05, 3.63) is 22.7 Å². The summed E-state index contributed by atoms with van der Waals surface area (Å²) in [5, 5.41) is 28.7. The summed E-state index contributed by atoms with van der Waals surface area (Å²) in [5.74, 6) is -1.25. The van der Waals surface area contributed by atoms with Crippen LogP contribution in [0.3, 0.4) is 0 Å². The third-order valence-electron chi connectivity index (χ3n) is 2.35. The fraction of sp³-hybridized carbons (Fsp3) is 0.364. The zero-order chi connectivity index (χ0) is 13.9. The minimum Gasteiger partial charge on any atom is -0.503 e. The normalized spacial score (nSPS) is 13.8. The van der Waals surface area contributed by atoms with Gasteiger partial charge in [0.25, 0.3) is 0 Å². The molecule has 6 nitrogen and oxygen atoms in total. The number of esters is 1. The van der Waals surface area contributed by atoms with Gasteiger partial charge in [-0.1, -0.05) is 11.6 Å². The van der Waals surface area contributed by atoms with E-state index in [0.717, 1.165) is 7.11 Å². The van der Waals surface area contributed by atoms with E-state index in [1.54, 1.807) is 0 Å². The summed E-state index contributed by atoms with van der Waals surface area (Å²) in [7, 11) is 2.39. The van der Waals surface area contributed by atoms with Crippen LogP contribution in [0, 0.1) is 0 Å². The summed E-state index contributed by atoms with van der Waals surface area (Å²) >= 11 is 5.72. The zero-order valence-electron chi connectivity index (χ0n) is 9.75. The molecule has 7 heteroatoms. The number of ether oxygens (including phenoxy) is 2. The number of aliphatic hydroxyl groups excluding tert-OH is 2. The predicted octanol–water partition coefficient (Wildman–Crippen LogP) is 0.622. The highest BCUT2D eigenvalue weighted by atomic mass is 35.5. The number of phenolic OH excluding ortho intramolecular Hbond substituents is 1. The largest absolute Gasteiger partial charge is 0.503 e. The van der Waals surface area contributed by atoms with Crippen LogP contribution in [0.5, 0.6) is 11.5 Å². The van der Waals surface area contributed by atoms with Crippen LogP contribution in [0.25, 0.3) is 0 Å². The van der Waals surface area contributed by atoms with Crippen molar-refractivity contribution in [1.29, 1.82) is 0 Å². The Hall–Kier alpha value is -1.50. The van der Waals surface area contributed by atoms with E-state index in [1.807, 2.05) is 0 Å². The maximum absolute atomic E-state index is 11.1. The van der Waals surface area contributed by atoms with Gasteiger partial charge in [-0.2, -0.15) is 0 Å². The number of phenols is 1. The topological polar surface area (TPSA) is 96.2 Å². The number of carbonyl (C=O) groups is 1. The van der Waals surface area contributed by atoms with Crippen molar-refractivity contribution in [1.82, 2.24) is 0 Å². The molecule has 100 valence electrons. The highest BCUT2D eigenvalue weighted by molar-refractivity contribution is 6.32. The average Bonchev–Trinajstić information content (AvgIpc) is 2.38. The molecule has 0 aliphatic heterocycles. The molecule has 2 atom stereocenters. The van der Waals surface area contributed by atoms with Crippen molar-refractivity contribution in [3.8, 4) is 11.5 Å². The van der Waals surface area contributed by atoms with Gasteiger partial charge in [-0.3, -0.25) is 0 Å². The summed E-state index contributed by atoms with van der Waals surface area (Å²) in [5.41, 5.74) is 0.118. The highest BCUT2D eigenvalue weighted by Gasteiger charge is 2.27. The van der Waals surface area contributed by atoms with E-state index in [2.05, 4.69) is 4.74 Å². The molecule has 0 fully saturated rings. The van der Waals surface area contributed by atoms with E-state index in [9.17, 15) is 20.1 Å². The standard InChI is InChI=1S/C11H13ClO6/c1-17-7-4-5(3-6(12)9(7)14)8(13)10(15)11(16)18-2/h3-4,8,10,13-15H,1-2H3. The van der Waals surface area contributed by atoms with Crippen LogP contribution >= 0.6 is 11.6 Å². The molecular weight excluding hydrogens is 264 g/mol. The Bertz CT molecular complexity index is 447. The Labute approximate surface area is 108 Å². The predicted molar refractivity (Wildman–Crippen MR) is 62.7 cm³/mol. The molecule has 18 heavy (non-hydrogen) atoms. The smallest absolute Gasteiger partial charge is 0.337 e. The van der Waals surface area contributed by atoms with Gasteiger partial charge in [0.1, 0.15) is 6.10 Å². The number of rotatable bonds is 4. The van der Waals surface area contributed by atoms with Gasteiger partial charge in [-0.05, 0) is 17.7 Å². The molecule has 0 aromatic heterocycles. The van der Waals surface area contributed by atoms with Gasteiger partial charge in [-0.25, -0.2) is 4.79 Å². The van der Waals surface area contributed by atoms with Gasteiger partial charge < -0.3 is 24.8 Å². The first kappa shape index (κ1) is 14.6. The van der Waals surface area contributed by atoms with Gasteiger partial charge in [-0.15, -0.1) is 0 Å². The number of methoxy groups -OCH3 is 2. The lowest BCUT2D eigenvalue weighted by molar-refractivity contribution is -0.156. The number of aromatic hydroxyl groups is 1. The van der Waals surface area contributed by atoms with Crippen molar-refractivity contribution in [3.63, 3.8) is 0 Å². The number of halogens is 1. The van der Waals surface area contributed by atoms with Gasteiger partial charge in [0.2, 0.25) is 0 Å². The molecular formula is C11H13ClO6. The van der Waals surface area contributed by atoms with Crippen LogP contribution in [0.4, 0.5) is 0 Å². The fourth-order valence-electron chi connectivity index (χ4n) is 1.35. The number of carbonyl (C=O) groups excluding carboxylic acids is 1. The fourth-order valence-corrected chi connectivity index (χ4v) is 1.57. The Balaban J connectivity index is 3.10. The van der Waals surface area contributed by atoms with E-state index in [4.69, 9.17) is 16.3 Å². The third kappa shape index (κ3) is 2.84. The summed E-state index contributed by atoms with van der Waals surface area (Å²) < 4.78 is 9.14. The second kappa shape index (κ2) is 5.90. The second-order valence-electron chi connectivity index (χ2n) is 3.47. The number of benzene rings is 1. The van der Waals surface area contributed by atoms with Crippen molar-refractivity contribution in [2.75, 3.05) is 14.2 Å².